The first-order valence-corrected chi connectivity index (χ1v) is 8.10. The summed E-state index contributed by atoms with van der Waals surface area (Å²) < 4.78 is 41.2. The highest BCUT2D eigenvalue weighted by Crippen LogP contribution is 2.19. The quantitative estimate of drug-likeness (QED) is 0.848. The largest absolute Gasteiger partial charge is 0.494 e. The zero-order chi connectivity index (χ0) is 16.2. The van der Waals surface area contributed by atoms with Gasteiger partial charge in [0, 0.05) is 18.7 Å². The van der Waals surface area contributed by atoms with Crippen LogP contribution < -0.4 is 15.2 Å². The van der Waals surface area contributed by atoms with Gasteiger partial charge in [-0.15, -0.1) is 0 Å². The maximum atomic E-state index is 13.9. The van der Waals surface area contributed by atoms with E-state index in [1.807, 2.05) is 0 Å². The van der Waals surface area contributed by atoms with Crippen LogP contribution in [0.3, 0.4) is 0 Å². The topological polar surface area (TPSA) is 81.4 Å². The summed E-state index contributed by atoms with van der Waals surface area (Å²) in [6.07, 6.45) is 0. The van der Waals surface area contributed by atoms with Gasteiger partial charge in [0.25, 0.3) is 0 Å². The second-order valence-corrected chi connectivity index (χ2v) is 6.29. The number of ether oxygens (including phenoxy) is 1. The molecule has 2 aromatic carbocycles. The van der Waals surface area contributed by atoms with Crippen LogP contribution in [0.25, 0.3) is 0 Å². The Hall–Kier alpha value is -1.96. The van der Waals surface area contributed by atoms with Gasteiger partial charge in [0.05, 0.1) is 12.0 Å². The maximum Gasteiger partial charge on any atom is 0.238 e. The van der Waals surface area contributed by atoms with E-state index in [0.717, 1.165) is 5.56 Å². The van der Waals surface area contributed by atoms with Crippen molar-refractivity contribution in [2.75, 3.05) is 7.11 Å². The molecule has 2 rings (SSSR count). The van der Waals surface area contributed by atoms with Gasteiger partial charge in [-0.2, -0.15) is 0 Å². The smallest absolute Gasteiger partial charge is 0.238 e. The van der Waals surface area contributed by atoms with Gasteiger partial charge >= 0.3 is 0 Å². The first-order valence-electron chi connectivity index (χ1n) is 6.55. The van der Waals surface area contributed by atoms with Crippen LogP contribution in [0.5, 0.6) is 5.75 Å². The summed E-state index contributed by atoms with van der Waals surface area (Å²) in [5.41, 5.74) is 1.37. The number of methoxy groups -OCH3 is 1. The lowest BCUT2D eigenvalue weighted by Gasteiger charge is -2.09. The van der Waals surface area contributed by atoms with E-state index in [1.165, 1.54) is 19.2 Å². The number of rotatable bonds is 6. The summed E-state index contributed by atoms with van der Waals surface area (Å²) in [7, 11) is -2.26. The summed E-state index contributed by atoms with van der Waals surface area (Å²) >= 11 is 0. The van der Waals surface area contributed by atoms with Gasteiger partial charge in [0.1, 0.15) is 0 Å². The Labute approximate surface area is 129 Å². The molecule has 0 aliphatic carbocycles. The molecule has 0 radical (unpaired) electrons. The van der Waals surface area contributed by atoms with Crippen molar-refractivity contribution in [3.63, 3.8) is 0 Å². The van der Waals surface area contributed by atoms with Crippen LogP contribution in [0.15, 0.2) is 47.4 Å². The van der Waals surface area contributed by atoms with Crippen LogP contribution in [0.2, 0.25) is 0 Å². The van der Waals surface area contributed by atoms with Crippen LogP contribution in [0.1, 0.15) is 11.1 Å². The molecule has 0 amide bonds. The van der Waals surface area contributed by atoms with Crippen LogP contribution in [-0.2, 0) is 23.1 Å². The minimum atomic E-state index is -3.68. The molecule has 0 saturated carbocycles. The van der Waals surface area contributed by atoms with Gasteiger partial charge in [0.15, 0.2) is 11.6 Å². The molecule has 0 spiro atoms. The third kappa shape index (κ3) is 4.03. The van der Waals surface area contributed by atoms with Gasteiger partial charge in [0.2, 0.25) is 10.0 Å². The highest BCUT2D eigenvalue weighted by Gasteiger charge is 2.08. The van der Waals surface area contributed by atoms with Crippen molar-refractivity contribution < 1.29 is 17.5 Å². The molecule has 7 heteroatoms. The van der Waals surface area contributed by atoms with Crippen molar-refractivity contribution in [2.24, 2.45) is 5.14 Å². The van der Waals surface area contributed by atoms with E-state index < -0.39 is 10.0 Å². The lowest BCUT2D eigenvalue weighted by Crippen LogP contribution is -2.15. The third-order valence-electron chi connectivity index (χ3n) is 3.16. The van der Waals surface area contributed by atoms with Crippen LogP contribution >= 0.6 is 0 Å². The number of nitrogens with one attached hydrogen (secondary N) is 1. The number of primary sulfonamides is 1. The van der Waals surface area contributed by atoms with Crippen molar-refractivity contribution in [3.05, 3.63) is 59.4 Å². The fraction of sp³-hybridized carbons (Fsp3) is 0.200. The Balaban J connectivity index is 1.97. The summed E-state index contributed by atoms with van der Waals surface area (Å²) in [5.74, 6) is -0.182. The highest BCUT2D eigenvalue weighted by atomic mass is 32.2. The van der Waals surface area contributed by atoms with E-state index in [2.05, 4.69) is 5.32 Å². The van der Waals surface area contributed by atoms with Crippen LogP contribution in [-0.4, -0.2) is 15.5 Å². The summed E-state index contributed by atoms with van der Waals surface area (Å²) in [6.45, 7) is 0.807. The van der Waals surface area contributed by atoms with Gasteiger partial charge in [-0.1, -0.05) is 24.3 Å². The van der Waals surface area contributed by atoms with E-state index in [0.29, 0.717) is 18.7 Å². The fourth-order valence-electron chi connectivity index (χ4n) is 1.99. The predicted octanol–water partition coefficient (Wildman–Crippen LogP) is 1.77. The molecule has 5 nitrogen and oxygen atoms in total. The summed E-state index contributed by atoms with van der Waals surface area (Å²) in [4.78, 5) is 0.0649. The average Bonchev–Trinajstić information content (AvgIpc) is 2.48. The van der Waals surface area contributed by atoms with Gasteiger partial charge in [-0.05, 0) is 23.8 Å². The molecule has 3 N–H and O–H groups in total. The van der Waals surface area contributed by atoms with E-state index in [4.69, 9.17) is 9.88 Å². The third-order valence-corrected chi connectivity index (χ3v) is 4.09. The Morgan fingerprint density at radius 3 is 2.41 bits per heavy atom. The molecule has 0 atom stereocenters. The van der Waals surface area contributed by atoms with Crippen molar-refractivity contribution in [2.45, 2.75) is 18.0 Å². The molecular formula is C15H17FN2O3S. The molecule has 0 fully saturated rings. The number of hydrogen-bond donors (Lipinski definition) is 2. The molecule has 0 aromatic heterocycles. The first kappa shape index (κ1) is 16.4. The number of sulfonamides is 1. The minimum absolute atomic E-state index is 0.0649. The number of halogens is 1. The SMILES string of the molecule is COc1cccc(CNCc2ccc(S(N)(=O)=O)cc2)c1F. The second kappa shape index (κ2) is 6.87. The highest BCUT2D eigenvalue weighted by molar-refractivity contribution is 7.89. The average molecular weight is 324 g/mol. The van der Waals surface area contributed by atoms with Gasteiger partial charge in [-0.3, -0.25) is 0 Å². The lowest BCUT2D eigenvalue weighted by molar-refractivity contribution is 0.383. The number of hydrogen-bond acceptors (Lipinski definition) is 4. The zero-order valence-electron chi connectivity index (χ0n) is 12.0. The molecule has 0 aliphatic rings. The minimum Gasteiger partial charge on any atom is -0.494 e. The second-order valence-electron chi connectivity index (χ2n) is 4.73. The predicted molar refractivity (Wildman–Crippen MR) is 81.3 cm³/mol. The molecular weight excluding hydrogens is 307 g/mol. The standard InChI is InChI=1S/C15H17FN2O3S/c1-21-14-4-2-3-12(15(14)16)10-18-9-11-5-7-13(8-6-11)22(17,19)20/h2-8,18H,9-10H2,1H3,(H2,17,19,20). The van der Waals surface area contributed by atoms with E-state index in [9.17, 15) is 12.8 Å². The molecule has 0 saturated heterocycles. The van der Waals surface area contributed by atoms with Crippen molar-refractivity contribution in [3.8, 4) is 5.75 Å². The van der Waals surface area contributed by atoms with E-state index in [1.54, 1.807) is 30.3 Å². The van der Waals surface area contributed by atoms with Crippen molar-refractivity contribution in [1.29, 1.82) is 0 Å². The van der Waals surface area contributed by atoms with Crippen molar-refractivity contribution >= 4 is 10.0 Å². The van der Waals surface area contributed by atoms with E-state index in [-0.39, 0.29) is 16.5 Å². The van der Waals surface area contributed by atoms with Gasteiger partial charge < -0.3 is 10.1 Å². The first-order chi connectivity index (χ1) is 10.4. The fourth-order valence-corrected chi connectivity index (χ4v) is 2.50. The molecule has 118 valence electrons. The number of nitrogens with two attached hydrogens (primary N) is 1. The molecule has 2 aromatic rings. The Kier molecular flexibility index (Phi) is 5.12. The molecule has 0 bridgehead atoms. The zero-order valence-corrected chi connectivity index (χ0v) is 12.9. The normalized spacial score (nSPS) is 11.4. The maximum absolute atomic E-state index is 13.9. The Morgan fingerprint density at radius 2 is 1.82 bits per heavy atom. The number of benzene rings is 2. The molecule has 0 aliphatic heterocycles. The lowest BCUT2D eigenvalue weighted by atomic mass is 10.2. The Bertz CT molecular complexity index is 746. The van der Waals surface area contributed by atoms with Crippen molar-refractivity contribution in [1.82, 2.24) is 5.32 Å². The van der Waals surface area contributed by atoms with Gasteiger partial charge in [-0.25, -0.2) is 17.9 Å². The summed E-state index contributed by atoms with van der Waals surface area (Å²) in [6, 6.07) is 11.2. The van der Waals surface area contributed by atoms with E-state index >= 15 is 0 Å². The van der Waals surface area contributed by atoms with Crippen LogP contribution in [0, 0.1) is 5.82 Å². The summed E-state index contributed by atoms with van der Waals surface area (Å²) in [5, 5.41) is 8.12. The Morgan fingerprint density at radius 1 is 1.14 bits per heavy atom. The molecule has 0 unspecified atom stereocenters. The molecule has 22 heavy (non-hydrogen) atoms. The molecule has 0 heterocycles. The van der Waals surface area contributed by atoms with Crippen LogP contribution in [0.4, 0.5) is 4.39 Å². The monoisotopic (exact) mass is 324 g/mol.